The molecule has 0 aromatic rings. The van der Waals surface area contributed by atoms with E-state index in [2.05, 4.69) is 13.8 Å². The Morgan fingerprint density at radius 1 is 1.47 bits per heavy atom. The molecule has 15 heavy (non-hydrogen) atoms. The van der Waals surface area contributed by atoms with Gasteiger partial charge in [-0.2, -0.15) is 0 Å². The molecule has 0 aliphatic heterocycles. The molecule has 2 rings (SSSR count). The summed E-state index contributed by atoms with van der Waals surface area (Å²) in [7, 11) is 0. The van der Waals surface area contributed by atoms with E-state index < -0.39 is 13.4 Å². The van der Waals surface area contributed by atoms with Gasteiger partial charge in [0.2, 0.25) is 0 Å². The van der Waals surface area contributed by atoms with Gasteiger partial charge in [0, 0.05) is 4.11 Å². The van der Waals surface area contributed by atoms with E-state index >= 15 is 0 Å². The lowest BCUT2D eigenvalue weighted by Gasteiger charge is -2.22. The van der Waals surface area contributed by atoms with Gasteiger partial charge in [0.25, 0.3) is 0 Å². The van der Waals surface area contributed by atoms with Crippen LogP contribution in [0.15, 0.2) is 23.3 Å². The zero-order chi connectivity index (χ0) is 15.1. The third-order valence-electron chi connectivity index (χ3n) is 4.37. The second-order valence-electron chi connectivity index (χ2n) is 5.31. The number of allylic oxidation sites excluding steroid dienone is 3. The molecule has 0 bridgehead atoms. The summed E-state index contributed by atoms with van der Waals surface area (Å²) in [6.07, 6.45) is 4.82. The van der Waals surface area contributed by atoms with Crippen molar-refractivity contribution in [1.82, 2.24) is 0 Å². The smallest absolute Gasteiger partial charge is 0.0537 e. The molecule has 0 radical (unpaired) electrons. The molecule has 0 aromatic heterocycles. The molecule has 3 atom stereocenters. The number of hydrogen-bond acceptors (Lipinski definition) is 0. The van der Waals surface area contributed by atoms with Crippen molar-refractivity contribution in [2.45, 2.75) is 52.8 Å². The minimum atomic E-state index is -2.30. The largest absolute Gasteiger partial charge is 0.0999 e. The predicted molar refractivity (Wildman–Crippen MR) is 66.7 cm³/mol. The summed E-state index contributed by atoms with van der Waals surface area (Å²) in [6.45, 7) is 1.61. The molecule has 0 heterocycles. The molecule has 1 fully saturated rings. The standard InChI is InChI=1S/C15H24/c1-10(2)13-7-5-11(3)14-8-6-12(4)15(14)9-13/h12-13,15H,1,5-9H2,2-4H3/t12-,13+,15-/m0/s1/i1D2,2D3. The van der Waals surface area contributed by atoms with E-state index in [1.54, 1.807) is 0 Å². The van der Waals surface area contributed by atoms with Crippen molar-refractivity contribution in [3.8, 4) is 0 Å². The fourth-order valence-electron chi connectivity index (χ4n) is 3.26. The van der Waals surface area contributed by atoms with Gasteiger partial charge < -0.3 is 0 Å². The van der Waals surface area contributed by atoms with Gasteiger partial charge in [0.1, 0.15) is 0 Å². The van der Waals surface area contributed by atoms with Gasteiger partial charge in [0.05, 0.1) is 2.74 Å². The Hall–Kier alpha value is -0.520. The summed E-state index contributed by atoms with van der Waals surface area (Å²) in [6, 6.07) is 0. The van der Waals surface area contributed by atoms with Crippen LogP contribution in [0.4, 0.5) is 0 Å². The highest BCUT2D eigenvalue weighted by Gasteiger charge is 2.33. The molecular weight excluding hydrogens is 180 g/mol. The minimum Gasteiger partial charge on any atom is -0.0999 e. The zero-order valence-electron chi connectivity index (χ0n) is 14.8. The number of hydrogen-bond donors (Lipinski definition) is 0. The molecule has 84 valence electrons. The van der Waals surface area contributed by atoms with E-state index in [1.807, 2.05) is 0 Å². The third kappa shape index (κ3) is 2.04. The Morgan fingerprint density at radius 3 is 3.07 bits per heavy atom. The monoisotopic (exact) mass is 209 g/mol. The molecule has 2 aliphatic carbocycles. The average molecular weight is 209 g/mol. The highest BCUT2D eigenvalue weighted by atomic mass is 14.4. The van der Waals surface area contributed by atoms with Crippen LogP contribution in [0.5, 0.6) is 0 Å². The van der Waals surface area contributed by atoms with Crippen LogP contribution in [0.25, 0.3) is 0 Å². The molecule has 0 nitrogen and oxygen atoms in total. The summed E-state index contributed by atoms with van der Waals surface area (Å²) in [4.78, 5) is 0. The fourth-order valence-corrected chi connectivity index (χ4v) is 3.26. The van der Waals surface area contributed by atoms with Crippen LogP contribution in [0.3, 0.4) is 0 Å². The van der Waals surface area contributed by atoms with E-state index in [0.717, 1.165) is 25.7 Å². The predicted octanol–water partition coefficient (Wildman–Crippen LogP) is 4.73. The summed E-state index contributed by atoms with van der Waals surface area (Å²) in [5.41, 5.74) is 3.02. The number of rotatable bonds is 1. The van der Waals surface area contributed by atoms with Crippen molar-refractivity contribution in [3.05, 3.63) is 23.3 Å². The maximum Gasteiger partial charge on any atom is 0.0537 e. The Labute approximate surface area is 101 Å². The lowest BCUT2D eigenvalue weighted by Crippen LogP contribution is -2.11. The average Bonchev–Trinajstić information content (AvgIpc) is 2.56. The number of fused-ring (bicyclic) bond motifs is 1. The van der Waals surface area contributed by atoms with Crippen LogP contribution in [0.1, 0.15) is 59.7 Å². The fraction of sp³-hybridized carbons (Fsp3) is 0.733. The lowest BCUT2D eigenvalue weighted by atomic mass is 9.83. The van der Waals surface area contributed by atoms with Gasteiger partial charge in [-0.3, -0.25) is 0 Å². The molecule has 0 saturated heterocycles. The molecule has 0 aromatic carbocycles. The van der Waals surface area contributed by atoms with Crippen molar-refractivity contribution in [2.24, 2.45) is 17.8 Å². The van der Waals surface area contributed by atoms with E-state index in [4.69, 9.17) is 6.85 Å². The van der Waals surface area contributed by atoms with Gasteiger partial charge in [-0.1, -0.05) is 30.2 Å². The minimum absolute atomic E-state index is 0.0747. The van der Waals surface area contributed by atoms with Crippen LogP contribution in [0, 0.1) is 17.8 Å². The lowest BCUT2D eigenvalue weighted by molar-refractivity contribution is 0.374. The maximum absolute atomic E-state index is 7.64. The van der Waals surface area contributed by atoms with Crippen molar-refractivity contribution in [1.29, 1.82) is 0 Å². The second kappa shape index (κ2) is 4.15. The molecule has 0 heteroatoms. The van der Waals surface area contributed by atoms with Crippen molar-refractivity contribution < 1.29 is 6.85 Å². The van der Waals surface area contributed by atoms with Gasteiger partial charge in [-0.05, 0) is 63.6 Å². The first-order chi connectivity index (χ1) is 9.21. The second-order valence-corrected chi connectivity index (χ2v) is 5.31. The highest BCUT2D eigenvalue weighted by molar-refractivity contribution is 5.23. The van der Waals surface area contributed by atoms with Crippen LogP contribution >= 0.6 is 0 Å². The van der Waals surface area contributed by atoms with Crippen molar-refractivity contribution in [3.63, 3.8) is 0 Å². The van der Waals surface area contributed by atoms with E-state index in [9.17, 15) is 0 Å². The Morgan fingerprint density at radius 2 is 2.33 bits per heavy atom. The van der Waals surface area contributed by atoms with Gasteiger partial charge in [-0.25, -0.2) is 0 Å². The van der Waals surface area contributed by atoms with Crippen LogP contribution in [0.2, 0.25) is 0 Å². The first kappa shape index (κ1) is 6.27. The zero-order valence-corrected chi connectivity index (χ0v) is 9.77. The Bertz CT molecular complexity index is 440. The normalized spacial score (nSPS) is 41.7. The maximum atomic E-state index is 7.64. The SMILES string of the molecule is [2H]C([2H])=C([C@@H]1CCC(C)=C2CC[C@H](C)[C@@H]2C1)C([2H])([2H])[2H]. The molecule has 0 spiro atoms. The summed E-state index contributed by atoms with van der Waals surface area (Å²) in [5, 5.41) is 0. The van der Waals surface area contributed by atoms with Crippen molar-refractivity contribution >= 4 is 0 Å². The van der Waals surface area contributed by atoms with Gasteiger partial charge in [-0.15, -0.1) is 0 Å². The Balaban J connectivity index is 2.31. The first-order valence-corrected chi connectivity index (χ1v) is 6.08. The van der Waals surface area contributed by atoms with Crippen molar-refractivity contribution in [2.75, 3.05) is 0 Å². The molecule has 0 amide bonds. The molecule has 1 saturated carbocycles. The van der Waals surface area contributed by atoms with Crippen LogP contribution in [-0.4, -0.2) is 0 Å². The quantitative estimate of drug-likeness (QED) is 0.548. The van der Waals surface area contributed by atoms with E-state index in [0.29, 0.717) is 11.8 Å². The topological polar surface area (TPSA) is 0 Å². The van der Waals surface area contributed by atoms with E-state index in [1.165, 1.54) is 17.6 Å². The molecule has 0 unspecified atom stereocenters. The highest BCUT2D eigenvalue weighted by Crippen LogP contribution is 2.46. The summed E-state index contributed by atoms with van der Waals surface area (Å²) < 4.78 is 38.0. The molecular formula is C15H24. The third-order valence-corrected chi connectivity index (χ3v) is 4.37. The van der Waals surface area contributed by atoms with Crippen LogP contribution < -0.4 is 0 Å². The molecule has 2 aliphatic rings. The summed E-state index contributed by atoms with van der Waals surface area (Å²) in [5.74, 6) is 0.919. The molecule has 0 N–H and O–H groups in total. The first-order valence-electron chi connectivity index (χ1n) is 8.58. The van der Waals surface area contributed by atoms with Gasteiger partial charge in [0.15, 0.2) is 0 Å². The van der Waals surface area contributed by atoms with Crippen LogP contribution in [-0.2, 0) is 0 Å². The Kier molecular flexibility index (Phi) is 1.74. The van der Waals surface area contributed by atoms with Gasteiger partial charge >= 0.3 is 0 Å². The van der Waals surface area contributed by atoms with E-state index in [-0.39, 0.29) is 11.5 Å². The summed E-state index contributed by atoms with van der Waals surface area (Å²) >= 11 is 0.